The maximum absolute atomic E-state index is 12.9. The Kier molecular flexibility index (Phi) is 8.05. The van der Waals surface area contributed by atoms with E-state index >= 15 is 0 Å². The number of carbonyl (C=O) groups excluding carboxylic acids is 2. The van der Waals surface area contributed by atoms with Gasteiger partial charge >= 0.3 is 5.97 Å². The standard InChI is InChI=1S/C22H34N2O5S/c1-13-14(2)16(4)21(17(5)15(13)3)30(27,28)23-12-11-20(25)29-18(6)22(26)24-19-9-7-8-10-19/h18-19,23H,7-12H2,1-6H3,(H,24,26). The molecule has 1 aromatic carbocycles. The molecular formula is C22H34N2O5S. The summed E-state index contributed by atoms with van der Waals surface area (Å²) in [7, 11) is -3.78. The molecule has 7 nitrogen and oxygen atoms in total. The molecule has 0 aromatic heterocycles. The van der Waals surface area contributed by atoms with Gasteiger partial charge in [-0.3, -0.25) is 9.59 Å². The van der Waals surface area contributed by atoms with E-state index in [2.05, 4.69) is 10.0 Å². The first-order valence-electron chi connectivity index (χ1n) is 10.5. The molecule has 2 rings (SSSR count). The minimum absolute atomic E-state index is 0.0943. The number of amides is 1. The Morgan fingerprint density at radius 2 is 1.47 bits per heavy atom. The Morgan fingerprint density at radius 1 is 0.967 bits per heavy atom. The van der Waals surface area contributed by atoms with E-state index < -0.39 is 22.1 Å². The average molecular weight is 439 g/mol. The minimum Gasteiger partial charge on any atom is -0.453 e. The van der Waals surface area contributed by atoms with E-state index in [1.54, 1.807) is 13.8 Å². The van der Waals surface area contributed by atoms with Crippen LogP contribution < -0.4 is 10.0 Å². The molecule has 0 aliphatic heterocycles. The zero-order valence-electron chi connectivity index (χ0n) is 18.8. The van der Waals surface area contributed by atoms with Gasteiger partial charge in [-0.1, -0.05) is 12.8 Å². The number of carbonyl (C=O) groups is 2. The van der Waals surface area contributed by atoms with E-state index in [1.807, 2.05) is 20.8 Å². The summed E-state index contributed by atoms with van der Waals surface area (Å²) in [6.45, 7) is 10.8. The van der Waals surface area contributed by atoms with Crippen LogP contribution in [0.15, 0.2) is 4.90 Å². The van der Waals surface area contributed by atoms with E-state index in [0.29, 0.717) is 11.1 Å². The van der Waals surface area contributed by atoms with E-state index in [-0.39, 0.29) is 29.8 Å². The Hall–Kier alpha value is -1.93. The fraction of sp³-hybridized carbons (Fsp3) is 0.636. The number of benzene rings is 1. The fourth-order valence-corrected chi connectivity index (χ4v) is 5.55. The largest absolute Gasteiger partial charge is 0.453 e. The van der Waals surface area contributed by atoms with Crippen molar-refractivity contribution in [2.75, 3.05) is 6.54 Å². The van der Waals surface area contributed by atoms with Gasteiger partial charge in [0.05, 0.1) is 11.3 Å². The lowest BCUT2D eigenvalue weighted by molar-refractivity contribution is -0.154. The third-order valence-corrected chi connectivity index (χ3v) is 7.93. The van der Waals surface area contributed by atoms with Gasteiger partial charge in [0.2, 0.25) is 10.0 Å². The summed E-state index contributed by atoms with van der Waals surface area (Å²) in [5.41, 5.74) is 4.39. The van der Waals surface area contributed by atoms with Crippen LogP contribution >= 0.6 is 0 Å². The topological polar surface area (TPSA) is 102 Å². The highest BCUT2D eigenvalue weighted by Crippen LogP contribution is 2.29. The van der Waals surface area contributed by atoms with Gasteiger partial charge in [-0.05, 0) is 82.2 Å². The molecule has 1 unspecified atom stereocenters. The van der Waals surface area contributed by atoms with Crippen molar-refractivity contribution in [2.24, 2.45) is 0 Å². The quantitative estimate of drug-likeness (QED) is 0.608. The van der Waals surface area contributed by atoms with Crippen molar-refractivity contribution in [1.29, 1.82) is 0 Å². The number of sulfonamides is 1. The molecule has 0 heterocycles. The molecule has 0 bridgehead atoms. The van der Waals surface area contributed by atoms with E-state index in [0.717, 1.165) is 42.4 Å². The van der Waals surface area contributed by atoms with Crippen LogP contribution in [-0.4, -0.2) is 39.0 Å². The summed E-state index contributed by atoms with van der Waals surface area (Å²) in [4.78, 5) is 24.5. The SMILES string of the molecule is Cc1c(C)c(C)c(S(=O)(=O)NCCC(=O)OC(C)C(=O)NC2CCCC2)c(C)c1C. The smallest absolute Gasteiger partial charge is 0.307 e. The predicted octanol–water partition coefficient (Wildman–Crippen LogP) is 2.89. The van der Waals surface area contributed by atoms with E-state index in [9.17, 15) is 18.0 Å². The van der Waals surface area contributed by atoms with Gasteiger partial charge < -0.3 is 10.1 Å². The molecule has 1 aliphatic rings. The number of nitrogens with one attached hydrogen (secondary N) is 2. The lowest BCUT2D eigenvalue weighted by Crippen LogP contribution is -2.41. The van der Waals surface area contributed by atoms with Crippen LogP contribution in [0.3, 0.4) is 0 Å². The highest BCUT2D eigenvalue weighted by molar-refractivity contribution is 7.89. The van der Waals surface area contributed by atoms with Crippen LogP contribution in [0.4, 0.5) is 0 Å². The summed E-state index contributed by atoms with van der Waals surface area (Å²) >= 11 is 0. The first kappa shape index (κ1) is 24.3. The summed E-state index contributed by atoms with van der Waals surface area (Å²) in [5.74, 6) is -0.927. The number of ether oxygens (including phenoxy) is 1. The second kappa shape index (κ2) is 9.92. The van der Waals surface area contributed by atoms with E-state index in [1.165, 1.54) is 6.92 Å². The van der Waals surface area contributed by atoms with Crippen molar-refractivity contribution < 1.29 is 22.7 Å². The normalized spacial score (nSPS) is 15.8. The van der Waals surface area contributed by atoms with Crippen LogP contribution in [0.5, 0.6) is 0 Å². The summed E-state index contributed by atoms with van der Waals surface area (Å²) in [6, 6.07) is 0.151. The van der Waals surface area contributed by atoms with Gasteiger partial charge in [0, 0.05) is 12.6 Å². The zero-order chi connectivity index (χ0) is 22.6. The molecule has 0 spiro atoms. The first-order valence-corrected chi connectivity index (χ1v) is 12.0. The Balaban J connectivity index is 1.92. The predicted molar refractivity (Wildman–Crippen MR) is 116 cm³/mol. The second-order valence-electron chi connectivity index (χ2n) is 8.22. The molecule has 2 N–H and O–H groups in total. The number of hydrogen-bond acceptors (Lipinski definition) is 5. The summed E-state index contributed by atoms with van der Waals surface area (Å²) in [5, 5.41) is 2.89. The fourth-order valence-electron chi connectivity index (χ4n) is 3.93. The van der Waals surface area contributed by atoms with Crippen molar-refractivity contribution in [1.82, 2.24) is 10.0 Å². The van der Waals surface area contributed by atoms with Crippen LogP contribution in [0.25, 0.3) is 0 Å². The van der Waals surface area contributed by atoms with E-state index in [4.69, 9.17) is 4.74 Å². The Bertz CT molecular complexity index is 889. The van der Waals surface area contributed by atoms with Crippen molar-refractivity contribution >= 4 is 21.9 Å². The monoisotopic (exact) mass is 438 g/mol. The molecule has 0 radical (unpaired) electrons. The number of esters is 1. The van der Waals surface area contributed by atoms with Crippen molar-refractivity contribution in [2.45, 2.75) is 90.7 Å². The molecular weight excluding hydrogens is 404 g/mol. The summed E-state index contributed by atoms with van der Waals surface area (Å²) < 4.78 is 33.4. The van der Waals surface area contributed by atoms with Crippen LogP contribution in [-0.2, 0) is 24.3 Å². The molecule has 1 aliphatic carbocycles. The average Bonchev–Trinajstić information content (AvgIpc) is 3.17. The summed E-state index contributed by atoms with van der Waals surface area (Å²) in [6.07, 6.45) is 3.04. The van der Waals surface area contributed by atoms with Gasteiger partial charge in [-0.2, -0.15) is 0 Å². The first-order chi connectivity index (χ1) is 14.0. The molecule has 168 valence electrons. The maximum Gasteiger partial charge on any atom is 0.307 e. The lowest BCUT2D eigenvalue weighted by Gasteiger charge is -2.19. The molecule has 1 amide bonds. The number of rotatable bonds is 8. The van der Waals surface area contributed by atoms with Crippen LogP contribution in [0, 0.1) is 34.6 Å². The number of hydrogen-bond donors (Lipinski definition) is 2. The van der Waals surface area contributed by atoms with Crippen molar-refractivity contribution in [3.05, 3.63) is 27.8 Å². The van der Waals surface area contributed by atoms with Crippen molar-refractivity contribution in [3.8, 4) is 0 Å². The van der Waals surface area contributed by atoms with Gasteiger partial charge in [0.1, 0.15) is 0 Å². The molecule has 1 saturated carbocycles. The molecule has 1 atom stereocenters. The Morgan fingerprint density at radius 3 is 2.00 bits per heavy atom. The lowest BCUT2D eigenvalue weighted by atomic mass is 9.95. The van der Waals surface area contributed by atoms with Gasteiger partial charge in [0.15, 0.2) is 6.10 Å². The van der Waals surface area contributed by atoms with Gasteiger partial charge in [-0.25, -0.2) is 13.1 Å². The molecule has 0 saturated heterocycles. The highest BCUT2D eigenvalue weighted by atomic mass is 32.2. The molecule has 30 heavy (non-hydrogen) atoms. The van der Waals surface area contributed by atoms with Gasteiger partial charge in [0.25, 0.3) is 5.91 Å². The van der Waals surface area contributed by atoms with Crippen molar-refractivity contribution in [3.63, 3.8) is 0 Å². The highest BCUT2D eigenvalue weighted by Gasteiger charge is 2.25. The molecule has 8 heteroatoms. The third-order valence-electron chi connectivity index (χ3n) is 6.20. The van der Waals surface area contributed by atoms with Crippen LogP contribution in [0.1, 0.15) is 66.8 Å². The van der Waals surface area contributed by atoms with Crippen LogP contribution in [0.2, 0.25) is 0 Å². The third kappa shape index (κ3) is 5.60. The maximum atomic E-state index is 12.9. The Labute approximate surface area is 180 Å². The molecule has 1 fully saturated rings. The minimum atomic E-state index is -3.78. The zero-order valence-corrected chi connectivity index (χ0v) is 19.7. The second-order valence-corrected chi connectivity index (χ2v) is 9.93. The van der Waals surface area contributed by atoms with Gasteiger partial charge in [-0.15, -0.1) is 0 Å². The molecule has 1 aromatic rings.